The van der Waals surface area contributed by atoms with Crippen LogP contribution in [0.25, 0.3) is 11.0 Å². The Bertz CT molecular complexity index is 682. The van der Waals surface area contributed by atoms with Crippen molar-refractivity contribution in [2.75, 3.05) is 31.6 Å². The van der Waals surface area contributed by atoms with Crippen LogP contribution in [0.1, 0.15) is 20.3 Å². The normalized spacial score (nSPS) is 21.4. The summed E-state index contributed by atoms with van der Waals surface area (Å²) in [5, 5.41) is 4.03. The third-order valence-corrected chi connectivity index (χ3v) is 4.85. The molecule has 0 spiro atoms. The molecule has 23 heavy (non-hydrogen) atoms. The van der Waals surface area contributed by atoms with Gasteiger partial charge in [0.1, 0.15) is 5.65 Å². The lowest BCUT2D eigenvalue weighted by atomic mass is 9.92. The smallest absolute Gasteiger partial charge is 0.317 e. The highest BCUT2D eigenvalue weighted by atomic mass is 16.2. The van der Waals surface area contributed by atoms with Crippen molar-refractivity contribution < 1.29 is 4.79 Å². The van der Waals surface area contributed by atoms with Crippen LogP contribution in [0.3, 0.4) is 0 Å². The molecule has 2 amide bonds. The molecule has 3 heterocycles. The Balaban J connectivity index is 1.83. The molecular formula is C17H25N5O. The molecule has 6 nitrogen and oxygen atoms in total. The number of nitrogens with one attached hydrogen (secondary N) is 2. The van der Waals surface area contributed by atoms with Gasteiger partial charge in [0.15, 0.2) is 0 Å². The van der Waals surface area contributed by atoms with Gasteiger partial charge in [0, 0.05) is 56.2 Å². The van der Waals surface area contributed by atoms with Gasteiger partial charge in [0.05, 0.1) is 0 Å². The number of aromatic amines is 1. The fourth-order valence-electron chi connectivity index (χ4n) is 3.43. The summed E-state index contributed by atoms with van der Waals surface area (Å²) in [6.45, 7) is 6.46. The van der Waals surface area contributed by atoms with E-state index in [-0.39, 0.29) is 6.03 Å². The van der Waals surface area contributed by atoms with Crippen LogP contribution in [-0.4, -0.2) is 53.6 Å². The quantitative estimate of drug-likeness (QED) is 0.914. The van der Waals surface area contributed by atoms with Gasteiger partial charge in [-0.25, -0.2) is 9.78 Å². The molecule has 2 aromatic heterocycles. The first-order chi connectivity index (χ1) is 11.1. The number of rotatable bonds is 3. The van der Waals surface area contributed by atoms with E-state index in [0.29, 0.717) is 18.5 Å². The molecule has 0 saturated carbocycles. The summed E-state index contributed by atoms with van der Waals surface area (Å²) in [4.78, 5) is 23.9. The standard InChI is InChI=1S/C17H25N5O/c1-4-18-17(23)22-10-7-12(2)15(11-22)21(3)14-6-9-20-16-13(14)5-8-19-16/h5-6,8-9,12,15H,4,7,10-11H2,1-3H3,(H,18,23)(H,19,20)/t12-,15+/m1/s1. The van der Waals surface area contributed by atoms with E-state index in [1.807, 2.05) is 30.3 Å². The summed E-state index contributed by atoms with van der Waals surface area (Å²) in [5.74, 6) is 0.535. The van der Waals surface area contributed by atoms with Crippen molar-refractivity contribution in [3.63, 3.8) is 0 Å². The van der Waals surface area contributed by atoms with Gasteiger partial charge in [-0.2, -0.15) is 0 Å². The zero-order chi connectivity index (χ0) is 16.4. The van der Waals surface area contributed by atoms with Crippen LogP contribution >= 0.6 is 0 Å². The molecule has 124 valence electrons. The summed E-state index contributed by atoms with van der Waals surface area (Å²) in [6.07, 6.45) is 4.77. The van der Waals surface area contributed by atoms with Gasteiger partial charge >= 0.3 is 6.03 Å². The van der Waals surface area contributed by atoms with E-state index in [4.69, 9.17) is 0 Å². The Kier molecular flexibility index (Phi) is 4.41. The van der Waals surface area contributed by atoms with E-state index in [9.17, 15) is 4.79 Å². The summed E-state index contributed by atoms with van der Waals surface area (Å²) in [7, 11) is 2.12. The van der Waals surface area contributed by atoms with Crippen molar-refractivity contribution in [2.24, 2.45) is 5.92 Å². The third-order valence-electron chi connectivity index (χ3n) is 4.85. The van der Waals surface area contributed by atoms with Crippen molar-refractivity contribution in [3.05, 3.63) is 24.5 Å². The second-order valence-corrected chi connectivity index (χ2v) is 6.30. The number of anilines is 1. The summed E-state index contributed by atoms with van der Waals surface area (Å²) >= 11 is 0. The molecule has 0 radical (unpaired) electrons. The zero-order valence-corrected chi connectivity index (χ0v) is 14.0. The van der Waals surface area contributed by atoms with Crippen molar-refractivity contribution in [2.45, 2.75) is 26.3 Å². The fourth-order valence-corrected chi connectivity index (χ4v) is 3.43. The minimum absolute atomic E-state index is 0.0410. The Morgan fingerprint density at radius 1 is 1.52 bits per heavy atom. The predicted molar refractivity (Wildman–Crippen MR) is 92.7 cm³/mol. The number of carbonyl (C=O) groups is 1. The first-order valence-electron chi connectivity index (χ1n) is 8.29. The van der Waals surface area contributed by atoms with Crippen molar-refractivity contribution in [1.29, 1.82) is 0 Å². The molecular weight excluding hydrogens is 290 g/mol. The number of hydrogen-bond acceptors (Lipinski definition) is 3. The summed E-state index contributed by atoms with van der Waals surface area (Å²) in [6, 6.07) is 4.45. The SMILES string of the molecule is CCNC(=O)N1CC[C@@H](C)[C@@H](N(C)c2ccnc3[nH]ccc23)C1. The van der Waals surface area contributed by atoms with Crippen LogP contribution in [0.5, 0.6) is 0 Å². The molecule has 1 fully saturated rings. The molecule has 2 N–H and O–H groups in total. The van der Waals surface area contributed by atoms with Crippen LogP contribution in [-0.2, 0) is 0 Å². The first kappa shape index (κ1) is 15.6. The number of pyridine rings is 1. The number of piperidine rings is 1. The van der Waals surface area contributed by atoms with E-state index in [2.05, 4.69) is 40.2 Å². The summed E-state index contributed by atoms with van der Waals surface area (Å²) < 4.78 is 0. The number of carbonyl (C=O) groups excluding carboxylic acids is 1. The highest BCUT2D eigenvalue weighted by Crippen LogP contribution is 2.30. The number of H-pyrrole nitrogens is 1. The largest absolute Gasteiger partial charge is 0.369 e. The van der Waals surface area contributed by atoms with Gasteiger partial charge in [-0.3, -0.25) is 0 Å². The van der Waals surface area contributed by atoms with E-state index in [1.165, 1.54) is 0 Å². The Labute approximate surface area is 136 Å². The van der Waals surface area contributed by atoms with Crippen molar-refractivity contribution >= 4 is 22.8 Å². The number of likely N-dealkylation sites (N-methyl/N-ethyl adjacent to an activating group) is 1. The average Bonchev–Trinajstić information content (AvgIpc) is 3.03. The van der Waals surface area contributed by atoms with Crippen LogP contribution in [0, 0.1) is 5.92 Å². The van der Waals surface area contributed by atoms with Crippen LogP contribution in [0.2, 0.25) is 0 Å². The third kappa shape index (κ3) is 2.98. The van der Waals surface area contributed by atoms with Gasteiger partial charge in [-0.05, 0) is 31.4 Å². The molecule has 1 aliphatic rings. The number of hydrogen-bond donors (Lipinski definition) is 2. The Hall–Kier alpha value is -2.24. The van der Waals surface area contributed by atoms with Gasteiger partial charge in [0.2, 0.25) is 0 Å². The van der Waals surface area contributed by atoms with Crippen LogP contribution in [0.4, 0.5) is 10.5 Å². The van der Waals surface area contributed by atoms with Gasteiger partial charge in [-0.15, -0.1) is 0 Å². The lowest BCUT2D eigenvalue weighted by Gasteiger charge is -2.42. The maximum Gasteiger partial charge on any atom is 0.317 e. The number of fused-ring (bicyclic) bond motifs is 1. The van der Waals surface area contributed by atoms with Crippen LogP contribution < -0.4 is 10.2 Å². The molecule has 1 saturated heterocycles. The van der Waals surface area contributed by atoms with Crippen molar-refractivity contribution in [1.82, 2.24) is 20.2 Å². The van der Waals surface area contributed by atoms with Crippen LogP contribution in [0.15, 0.2) is 24.5 Å². The lowest BCUT2D eigenvalue weighted by molar-refractivity contribution is 0.162. The first-order valence-corrected chi connectivity index (χ1v) is 8.29. The topological polar surface area (TPSA) is 64.3 Å². The highest BCUT2D eigenvalue weighted by Gasteiger charge is 2.32. The number of aromatic nitrogens is 2. The number of urea groups is 1. The van der Waals surface area contributed by atoms with Crippen molar-refractivity contribution in [3.8, 4) is 0 Å². The average molecular weight is 315 g/mol. The minimum Gasteiger partial charge on any atom is -0.369 e. The predicted octanol–water partition coefficient (Wildman–Crippen LogP) is 2.44. The molecule has 0 aromatic carbocycles. The molecule has 2 aromatic rings. The lowest BCUT2D eigenvalue weighted by Crippen LogP contribution is -2.54. The second kappa shape index (κ2) is 6.48. The number of likely N-dealkylation sites (tertiary alicyclic amines) is 1. The van der Waals surface area contributed by atoms with Gasteiger partial charge in [-0.1, -0.05) is 6.92 Å². The second-order valence-electron chi connectivity index (χ2n) is 6.30. The Morgan fingerprint density at radius 2 is 2.35 bits per heavy atom. The minimum atomic E-state index is 0.0410. The molecule has 3 rings (SSSR count). The fraction of sp³-hybridized carbons (Fsp3) is 0.529. The molecule has 6 heteroatoms. The summed E-state index contributed by atoms with van der Waals surface area (Å²) in [5.41, 5.74) is 2.06. The zero-order valence-electron chi connectivity index (χ0n) is 14.0. The molecule has 0 aliphatic carbocycles. The molecule has 0 unspecified atom stereocenters. The Morgan fingerprint density at radius 3 is 3.13 bits per heavy atom. The molecule has 2 atom stereocenters. The van der Waals surface area contributed by atoms with Gasteiger partial charge in [0.25, 0.3) is 0 Å². The van der Waals surface area contributed by atoms with Gasteiger partial charge < -0.3 is 20.1 Å². The van der Waals surface area contributed by atoms with E-state index in [1.54, 1.807) is 0 Å². The van der Waals surface area contributed by atoms with E-state index >= 15 is 0 Å². The maximum absolute atomic E-state index is 12.2. The molecule has 1 aliphatic heterocycles. The van der Waals surface area contributed by atoms with E-state index < -0.39 is 0 Å². The number of amides is 2. The molecule has 0 bridgehead atoms. The maximum atomic E-state index is 12.2. The highest BCUT2D eigenvalue weighted by molar-refractivity contribution is 5.89. The monoisotopic (exact) mass is 315 g/mol. The number of nitrogens with zero attached hydrogens (tertiary/aromatic N) is 3. The van der Waals surface area contributed by atoms with E-state index in [0.717, 1.165) is 36.2 Å².